The van der Waals surface area contributed by atoms with Gasteiger partial charge in [0, 0.05) is 23.4 Å². The monoisotopic (exact) mass is 430 g/mol. The molecule has 0 spiro atoms. The lowest BCUT2D eigenvalue weighted by molar-refractivity contribution is 0.102. The van der Waals surface area contributed by atoms with E-state index in [-0.39, 0.29) is 5.91 Å². The molecular weight excluding hydrogens is 404 g/mol. The van der Waals surface area contributed by atoms with Crippen LogP contribution >= 0.6 is 11.3 Å². The quantitative estimate of drug-likeness (QED) is 0.441. The SMILES string of the molecule is Cc1ccc(NC(=O)c2sc(-n3nc(C)c(Cc4ccccc4)c3C)nc2C)c(C)c1. The number of thiazole rings is 1. The van der Waals surface area contributed by atoms with Crippen molar-refractivity contribution in [1.29, 1.82) is 0 Å². The number of amides is 1. The Morgan fingerprint density at radius 2 is 1.74 bits per heavy atom. The number of benzene rings is 2. The number of aromatic nitrogens is 3. The number of nitrogens with one attached hydrogen (secondary N) is 1. The summed E-state index contributed by atoms with van der Waals surface area (Å²) in [5, 5.41) is 8.47. The lowest BCUT2D eigenvalue weighted by Gasteiger charge is -2.08. The number of hydrogen-bond donors (Lipinski definition) is 1. The maximum Gasteiger partial charge on any atom is 0.267 e. The summed E-state index contributed by atoms with van der Waals surface area (Å²) in [5.74, 6) is -0.140. The molecule has 1 amide bonds. The summed E-state index contributed by atoms with van der Waals surface area (Å²) in [5.41, 5.74) is 8.22. The van der Waals surface area contributed by atoms with Crippen molar-refractivity contribution in [2.75, 3.05) is 5.32 Å². The fraction of sp³-hybridized carbons (Fsp3) is 0.240. The van der Waals surface area contributed by atoms with Crippen LogP contribution in [0.4, 0.5) is 5.69 Å². The molecule has 0 aliphatic carbocycles. The molecule has 4 rings (SSSR count). The molecule has 0 radical (unpaired) electrons. The van der Waals surface area contributed by atoms with Crippen molar-refractivity contribution >= 4 is 22.9 Å². The fourth-order valence-corrected chi connectivity index (χ4v) is 4.70. The van der Waals surface area contributed by atoms with Crippen molar-refractivity contribution in [2.24, 2.45) is 0 Å². The molecule has 0 saturated carbocycles. The minimum absolute atomic E-state index is 0.140. The van der Waals surface area contributed by atoms with E-state index in [0.29, 0.717) is 15.7 Å². The Kier molecular flexibility index (Phi) is 5.74. The van der Waals surface area contributed by atoms with Gasteiger partial charge in [-0.1, -0.05) is 59.4 Å². The number of aryl methyl sites for hydroxylation is 4. The molecule has 0 fully saturated rings. The molecule has 0 atom stereocenters. The van der Waals surface area contributed by atoms with Crippen molar-refractivity contribution < 1.29 is 4.79 Å². The van der Waals surface area contributed by atoms with E-state index < -0.39 is 0 Å². The Balaban J connectivity index is 1.61. The number of carbonyl (C=O) groups excluding carboxylic acids is 1. The molecule has 2 heterocycles. The lowest BCUT2D eigenvalue weighted by Crippen LogP contribution is -2.12. The van der Waals surface area contributed by atoms with Crippen molar-refractivity contribution in [3.8, 4) is 5.13 Å². The highest BCUT2D eigenvalue weighted by Crippen LogP contribution is 2.27. The zero-order valence-corrected chi connectivity index (χ0v) is 19.3. The predicted octanol–water partition coefficient (Wildman–Crippen LogP) is 5.71. The topological polar surface area (TPSA) is 59.8 Å². The van der Waals surface area contributed by atoms with E-state index in [1.807, 2.05) is 50.6 Å². The molecule has 158 valence electrons. The third-order valence-electron chi connectivity index (χ3n) is 5.47. The standard InChI is InChI=1S/C25H26N4OS/c1-15-11-12-22(16(2)13-15)27-24(30)23-18(4)26-25(31-23)29-19(5)21(17(3)28-29)14-20-9-7-6-8-10-20/h6-13H,14H2,1-5H3,(H,27,30). The summed E-state index contributed by atoms with van der Waals surface area (Å²) in [6.07, 6.45) is 0.822. The van der Waals surface area contributed by atoms with Gasteiger partial charge in [-0.15, -0.1) is 0 Å². The first-order valence-electron chi connectivity index (χ1n) is 10.3. The molecule has 0 aliphatic heterocycles. The predicted molar refractivity (Wildman–Crippen MR) is 127 cm³/mol. The summed E-state index contributed by atoms with van der Waals surface area (Å²) < 4.78 is 1.86. The Labute approximate surface area is 186 Å². The molecule has 5 nitrogen and oxygen atoms in total. The number of carbonyl (C=O) groups is 1. The van der Waals surface area contributed by atoms with Crippen LogP contribution in [0, 0.1) is 34.6 Å². The highest BCUT2D eigenvalue weighted by atomic mass is 32.1. The molecule has 0 bridgehead atoms. The van der Waals surface area contributed by atoms with Gasteiger partial charge in [0.05, 0.1) is 11.4 Å². The van der Waals surface area contributed by atoms with Crippen LogP contribution in [0.15, 0.2) is 48.5 Å². The van der Waals surface area contributed by atoms with Gasteiger partial charge in [-0.2, -0.15) is 5.10 Å². The number of rotatable bonds is 5. The molecule has 0 unspecified atom stereocenters. The molecule has 31 heavy (non-hydrogen) atoms. The van der Waals surface area contributed by atoms with Crippen LogP contribution in [0.25, 0.3) is 5.13 Å². The molecule has 6 heteroatoms. The fourth-order valence-electron chi connectivity index (χ4n) is 3.73. The van der Waals surface area contributed by atoms with E-state index in [9.17, 15) is 4.79 Å². The van der Waals surface area contributed by atoms with Crippen LogP contribution in [0.1, 0.15) is 49.0 Å². The maximum atomic E-state index is 12.9. The van der Waals surface area contributed by atoms with Crippen LogP contribution in [0.2, 0.25) is 0 Å². The van der Waals surface area contributed by atoms with Crippen LogP contribution in [-0.4, -0.2) is 20.7 Å². The zero-order chi connectivity index (χ0) is 22.1. The highest BCUT2D eigenvalue weighted by molar-refractivity contribution is 7.16. The number of hydrogen-bond acceptors (Lipinski definition) is 4. The molecule has 2 aromatic carbocycles. The average Bonchev–Trinajstić information content (AvgIpc) is 3.25. The van der Waals surface area contributed by atoms with Gasteiger partial charge in [-0.3, -0.25) is 4.79 Å². The van der Waals surface area contributed by atoms with Gasteiger partial charge in [0.25, 0.3) is 5.91 Å². The number of nitrogens with zero attached hydrogens (tertiary/aromatic N) is 3. The molecule has 1 N–H and O–H groups in total. The first-order chi connectivity index (χ1) is 14.8. The summed E-state index contributed by atoms with van der Waals surface area (Å²) in [7, 11) is 0. The van der Waals surface area contributed by atoms with Crippen LogP contribution < -0.4 is 5.32 Å². The second-order valence-electron chi connectivity index (χ2n) is 7.91. The summed E-state index contributed by atoms with van der Waals surface area (Å²) in [6.45, 7) is 9.99. The lowest BCUT2D eigenvalue weighted by atomic mass is 10.0. The minimum atomic E-state index is -0.140. The van der Waals surface area contributed by atoms with Gasteiger partial charge in [-0.05, 0) is 51.8 Å². The van der Waals surface area contributed by atoms with Crippen molar-refractivity contribution in [2.45, 2.75) is 41.0 Å². The Bertz CT molecular complexity index is 1250. The minimum Gasteiger partial charge on any atom is -0.321 e. The summed E-state index contributed by atoms with van der Waals surface area (Å²) in [6, 6.07) is 16.4. The van der Waals surface area contributed by atoms with Gasteiger partial charge in [-0.25, -0.2) is 9.67 Å². The Hall–Kier alpha value is -3.25. The first-order valence-corrected chi connectivity index (χ1v) is 11.1. The Morgan fingerprint density at radius 3 is 2.45 bits per heavy atom. The average molecular weight is 431 g/mol. The van der Waals surface area contributed by atoms with E-state index in [4.69, 9.17) is 5.10 Å². The largest absolute Gasteiger partial charge is 0.321 e. The highest BCUT2D eigenvalue weighted by Gasteiger charge is 2.20. The second kappa shape index (κ2) is 8.47. The van der Waals surface area contributed by atoms with Gasteiger partial charge in [0.1, 0.15) is 4.88 Å². The van der Waals surface area contributed by atoms with E-state index in [1.54, 1.807) is 0 Å². The maximum absolute atomic E-state index is 12.9. The summed E-state index contributed by atoms with van der Waals surface area (Å²) >= 11 is 1.37. The third-order valence-corrected chi connectivity index (χ3v) is 6.60. The smallest absolute Gasteiger partial charge is 0.267 e. The third kappa shape index (κ3) is 4.30. The van der Waals surface area contributed by atoms with E-state index in [2.05, 4.69) is 47.6 Å². The van der Waals surface area contributed by atoms with Gasteiger partial charge in [0.15, 0.2) is 0 Å². The normalized spacial score (nSPS) is 11.0. The molecule has 0 saturated heterocycles. The molecule has 0 aliphatic rings. The number of anilines is 1. The van der Waals surface area contributed by atoms with E-state index >= 15 is 0 Å². The second-order valence-corrected chi connectivity index (χ2v) is 8.88. The van der Waals surface area contributed by atoms with Crippen molar-refractivity contribution in [1.82, 2.24) is 14.8 Å². The van der Waals surface area contributed by atoms with Crippen LogP contribution in [-0.2, 0) is 6.42 Å². The molecule has 4 aromatic rings. The van der Waals surface area contributed by atoms with E-state index in [0.717, 1.165) is 29.1 Å². The van der Waals surface area contributed by atoms with Crippen LogP contribution in [0.5, 0.6) is 0 Å². The first kappa shape index (κ1) is 21.0. The van der Waals surface area contributed by atoms with Crippen LogP contribution in [0.3, 0.4) is 0 Å². The molecule has 2 aromatic heterocycles. The van der Waals surface area contributed by atoms with Crippen molar-refractivity contribution in [3.63, 3.8) is 0 Å². The van der Waals surface area contributed by atoms with Gasteiger partial charge < -0.3 is 5.32 Å². The van der Waals surface area contributed by atoms with Gasteiger partial charge in [0.2, 0.25) is 5.13 Å². The molecular formula is C25H26N4OS. The summed E-state index contributed by atoms with van der Waals surface area (Å²) in [4.78, 5) is 18.2. The van der Waals surface area contributed by atoms with Crippen molar-refractivity contribution in [3.05, 3.63) is 92.7 Å². The van der Waals surface area contributed by atoms with E-state index in [1.165, 1.54) is 28.0 Å². The zero-order valence-electron chi connectivity index (χ0n) is 18.5. The Morgan fingerprint density at radius 1 is 1.00 bits per heavy atom. The van der Waals surface area contributed by atoms with Gasteiger partial charge >= 0.3 is 0 Å².